The van der Waals surface area contributed by atoms with E-state index in [2.05, 4.69) is 81.5 Å². The highest BCUT2D eigenvalue weighted by Crippen LogP contribution is 2.17. The standard InChI is InChI=1S/C68H122O6/c1-4-7-10-13-16-19-22-24-26-28-30-32-34-36-38-40-42-44-46-49-52-55-58-61-67(70)73-64-65(63-72-66(69)60-57-54-51-48-21-18-15-12-9-6-3)74-68(71)62-59-56-53-50-47-45-43-41-39-37-35-33-31-29-27-25-23-20-17-14-11-8-5-2/h7,10,16,19,24,26,29-32,65H,4-6,8-9,11-15,17-18,20-23,25,27-28,33-64H2,1-3H3/b10-7-,19-16-,26-24-,31-29-,32-30-. The zero-order chi connectivity index (χ0) is 53.6. The highest BCUT2D eigenvalue weighted by atomic mass is 16.6. The lowest BCUT2D eigenvalue weighted by molar-refractivity contribution is -0.167. The number of unbranched alkanes of at least 4 members (excludes halogenated alkanes) is 38. The molecular formula is C68H122O6. The van der Waals surface area contributed by atoms with Gasteiger partial charge in [-0.3, -0.25) is 14.4 Å². The molecule has 0 aliphatic carbocycles. The van der Waals surface area contributed by atoms with Crippen molar-refractivity contribution in [2.75, 3.05) is 13.2 Å². The van der Waals surface area contributed by atoms with E-state index in [1.165, 1.54) is 212 Å². The van der Waals surface area contributed by atoms with Gasteiger partial charge in [0.05, 0.1) is 0 Å². The fourth-order valence-electron chi connectivity index (χ4n) is 9.43. The van der Waals surface area contributed by atoms with Crippen molar-refractivity contribution < 1.29 is 28.6 Å². The fraction of sp³-hybridized carbons (Fsp3) is 0.809. The first-order chi connectivity index (χ1) is 36.5. The molecule has 0 heterocycles. The van der Waals surface area contributed by atoms with Crippen molar-refractivity contribution in [1.82, 2.24) is 0 Å². The molecule has 0 rings (SSSR count). The van der Waals surface area contributed by atoms with E-state index in [0.717, 1.165) is 83.5 Å². The molecule has 0 saturated heterocycles. The Kier molecular flexibility index (Phi) is 60.2. The monoisotopic (exact) mass is 1030 g/mol. The molecule has 74 heavy (non-hydrogen) atoms. The van der Waals surface area contributed by atoms with E-state index in [0.29, 0.717) is 19.3 Å². The van der Waals surface area contributed by atoms with Crippen LogP contribution in [0.2, 0.25) is 0 Å². The van der Waals surface area contributed by atoms with Crippen LogP contribution in [0.4, 0.5) is 0 Å². The zero-order valence-electron chi connectivity index (χ0n) is 49.4. The summed E-state index contributed by atoms with van der Waals surface area (Å²) < 4.78 is 16.9. The first-order valence-corrected chi connectivity index (χ1v) is 32.3. The van der Waals surface area contributed by atoms with Crippen LogP contribution in [0.5, 0.6) is 0 Å². The van der Waals surface area contributed by atoms with Gasteiger partial charge in [0, 0.05) is 19.3 Å². The Bertz CT molecular complexity index is 1330. The third-order valence-corrected chi connectivity index (χ3v) is 14.3. The Morgan fingerprint density at radius 1 is 0.284 bits per heavy atom. The summed E-state index contributed by atoms with van der Waals surface area (Å²) in [4.78, 5) is 38.2. The molecular weight excluding hydrogens is 913 g/mol. The van der Waals surface area contributed by atoms with Crippen LogP contribution in [0.15, 0.2) is 60.8 Å². The lowest BCUT2D eigenvalue weighted by atomic mass is 10.0. The smallest absolute Gasteiger partial charge is 0.306 e. The van der Waals surface area contributed by atoms with Crippen LogP contribution >= 0.6 is 0 Å². The number of hydrogen-bond donors (Lipinski definition) is 0. The molecule has 0 radical (unpaired) electrons. The average Bonchev–Trinajstić information content (AvgIpc) is 3.40. The van der Waals surface area contributed by atoms with Crippen LogP contribution in [-0.2, 0) is 28.6 Å². The molecule has 6 heteroatoms. The summed E-state index contributed by atoms with van der Waals surface area (Å²) in [6, 6.07) is 0. The minimum atomic E-state index is -0.774. The molecule has 0 saturated carbocycles. The van der Waals surface area contributed by atoms with Crippen LogP contribution in [0.1, 0.15) is 335 Å². The van der Waals surface area contributed by atoms with Gasteiger partial charge in [-0.25, -0.2) is 0 Å². The Hall–Kier alpha value is -2.89. The van der Waals surface area contributed by atoms with Gasteiger partial charge in [-0.2, -0.15) is 0 Å². The molecule has 0 aromatic rings. The summed E-state index contributed by atoms with van der Waals surface area (Å²) in [6.07, 6.45) is 79.5. The van der Waals surface area contributed by atoms with Gasteiger partial charge in [0.25, 0.3) is 0 Å². The molecule has 0 aliphatic heterocycles. The molecule has 0 fully saturated rings. The highest BCUT2D eigenvalue weighted by Gasteiger charge is 2.19. The maximum Gasteiger partial charge on any atom is 0.306 e. The minimum Gasteiger partial charge on any atom is -0.462 e. The van der Waals surface area contributed by atoms with Crippen LogP contribution in [-0.4, -0.2) is 37.2 Å². The van der Waals surface area contributed by atoms with Crippen LogP contribution in [0.3, 0.4) is 0 Å². The summed E-state index contributed by atoms with van der Waals surface area (Å²) >= 11 is 0. The molecule has 430 valence electrons. The lowest BCUT2D eigenvalue weighted by Gasteiger charge is -2.18. The lowest BCUT2D eigenvalue weighted by Crippen LogP contribution is -2.30. The van der Waals surface area contributed by atoms with E-state index in [1.54, 1.807) is 0 Å². The van der Waals surface area contributed by atoms with E-state index < -0.39 is 6.10 Å². The summed E-state index contributed by atoms with van der Waals surface area (Å²) in [5.41, 5.74) is 0. The topological polar surface area (TPSA) is 78.9 Å². The summed E-state index contributed by atoms with van der Waals surface area (Å²) in [5.74, 6) is -0.861. The first kappa shape index (κ1) is 71.1. The van der Waals surface area contributed by atoms with E-state index in [-0.39, 0.29) is 31.1 Å². The van der Waals surface area contributed by atoms with Crippen LogP contribution in [0, 0.1) is 0 Å². The summed E-state index contributed by atoms with van der Waals surface area (Å²) in [7, 11) is 0. The predicted octanol–water partition coefficient (Wildman–Crippen LogP) is 21.9. The second-order valence-corrected chi connectivity index (χ2v) is 21.6. The number of hydrogen-bond acceptors (Lipinski definition) is 6. The first-order valence-electron chi connectivity index (χ1n) is 32.3. The van der Waals surface area contributed by atoms with Gasteiger partial charge in [0.15, 0.2) is 6.10 Å². The Balaban J connectivity index is 4.23. The summed E-state index contributed by atoms with van der Waals surface area (Å²) in [5, 5.41) is 0. The van der Waals surface area contributed by atoms with Gasteiger partial charge in [0.1, 0.15) is 13.2 Å². The molecule has 0 aromatic carbocycles. The molecule has 0 bridgehead atoms. The second kappa shape index (κ2) is 62.6. The molecule has 0 spiro atoms. The van der Waals surface area contributed by atoms with Gasteiger partial charge >= 0.3 is 17.9 Å². The van der Waals surface area contributed by atoms with Crippen molar-refractivity contribution in [3.63, 3.8) is 0 Å². The van der Waals surface area contributed by atoms with Gasteiger partial charge in [-0.05, 0) is 83.5 Å². The molecule has 0 amide bonds. The number of rotatable bonds is 59. The van der Waals surface area contributed by atoms with Gasteiger partial charge in [0.2, 0.25) is 0 Å². The number of allylic oxidation sites excluding steroid dienone is 10. The van der Waals surface area contributed by atoms with Gasteiger partial charge in [-0.15, -0.1) is 0 Å². The number of esters is 3. The summed E-state index contributed by atoms with van der Waals surface area (Å²) in [6.45, 7) is 6.56. The molecule has 0 aliphatic rings. The quantitative estimate of drug-likeness (QED) is 0.0261. The average molecular weight is 1040 g/mol. The SMILES string of the molecule is CC/C=C\C/C=C\C/C=C\C/C=C\CCCCCCCCCCCCC(=O)OCC(COC(=O)CCCCCCCCCCCC)OC(=O)CCCCCCCCCCCCC/C=C\CCCCCCCCCC. The van der Waals surface area contributed by atoms with E-state index in [4.69, 9.17) is 14.2 Å². The number of carbonyl (C=O) groups excluding carboxylic acids is 3. The van der Waals surface area contributed by atoms with Crippen molar-refractivity contribution in [3.05, 3.63) is 60.8 Å². The third kappa shape index (κ3) is 60.0. The van der Waals surface area contributed by atoms with Crippen molar-refractivity contribution in [2.45, 2.75) is 341 Å². The molecule has 1 atom stereocenters. The van der Waals surface area contributed by atoms with Crippen molar-refractivity contribution in [2.24, 2.45) is 0 Å². The Morgan fingerprint density at radius 3 is 0.838 bits per heavy atom. The Morgan fingerprint density at radius 2 is 0.527 bits per heavy atom. The van der Waals surface area contributed by atoms with Crippen LogP contribution < -0.4 is 0 Å². The molecule has 6 nitrogen and oxygen atoms in total. The van der Waals surface area contributed by atoms with E-state index in [9.17, 15) is 14.4 Å². The predicted molar refractivity (Wildman–Crippen MR) is 321 cm³/mol. The van der Waals surface area contributed by atoms with E-state index in [1.807, 2.05) is 0 Å². The van der Waals surface area contributed by atoms with Crippen molar-refractivity contribution >= 4 is 17.9 Å². The van der Waals surface area contributed by atoms with Gasteiger partial charge < -0.3 is 14.2 Å². The number of carbonyl (C=O) groups is 3. The molecule has 0 aromatic heterocycles. The minimum absolute atomic E-state index is 0.0721. The normalized spacial score (nSPS) is 12.4. The Labute approximate surface area is 460 Å². The van der Waals surface area contributed by atoms with Crippen LogP contribution in [0.25, 0.3) is 0 Å². The zero-order valence-corrected chi connectivity index (χ0v) is 49.4. The van der Waals surface area contributed by atoms with E-state index >= 15 is 0 Å². The largest absolute Gasteiger partial charge is 0.462 e. The maximum absolute atomic E-state index is 12.9. The van der Waals surface area contributed by atoms with Gasteiger partial charge in [-0.1, -0.05) is 293 Å². The number of ether oxygens (including phenoxy) is 3. The fourth-order valence-corrected chi connectivity index (χ4v) is 9.43. The second-order valence-electron chi connectivity index (χ2n) is 21.6. The molecule has 1 unspecified atom stereocenters. The third-order valence-electron chi connectivity index (χ3n) is 14.3. The molecule has 0 N–H and O–H groups in total. The van der Waals surface area contributed by atoms with Crippen molar-refractivity contribution in [1.29, 1.82) is 0 Å². The highest BCUT2D eigenvalue weighted by molar-refractivity contribution is 5.71. The van der Waals surface area contributed by atoms with Crippen molar-refractivity contribution in [3.8, 4) is 0 Å². The maximum atomic E-state index is 12.9.